The smallest absolute Gasteiger partial charge is 0.194 e. The van der Waals surface area contributed by atoms with Crippen molar-refractivity contribution in [2.75, 3.05) is 0 Å². The van der Waals surface area contributed by atoms with E-state index in [0.717, 1.165) is 27.8 Å². The van der Waals surface area contributed by atoms with Crippen molar-refractivity contribution < 1.29 is 4.79 Å². The van der Waals surface area contributed by atoms with Gasteiger partial charge in [0, 0.05) is 16.0 Å². The Kier molecular flexibility index (Phi) is 2.83. The molecule has 2 aromatic carbocycles. The van der Waals surface area contributed by atoms with Crippen molar-refractivity contribution in [1.29, 1.82) is 0 Å². The van der Waals surface area contributed by atoms with Gasteiger partial charge >= 0.3 is 0 Å². The van der Waals surface area contributed by atoms with Gasteiger partial charge in [-0.2, -0.15) is 0 Å². The Balaban J connectivity index is 2.03. The molecule has 3 aromatic rings. The first-order valence-electron chi connectivity index (χ1n) is 6.83. The number of carbonyl (C=O) groups excluding carboxylic acids is 1. The van der Waals surface area contributed by atoms with Crippen LogP contribution in [0.3, 0.4) is 0 Å². The largest absolute Gasteiger partial charge is 0.289 e. The first kappa shape index (κ1) is 12.3. The predicted molar refractivity (Wildman–Crippen MR) is 87.6 cm³/mol. The Bertz CT molecular complexity index is 805. The summed E-state index contributed by atoms with van der Waals surface area (Å²) >= 11 is 1.71. The van der Waals surface area contributed by atoms with E-state index in [2.05, 4.69) is 17.5 Å². The number of thiophene rings is 1. The van der Waals surface area contributed by atoms with Crippen LogP contribution in [0.1, 0.15) is 31.9 Å². The van der Waals surface area contributed by atoms with E-state index in [1.54, 1.807) is 11.3 Å². The molecular formula is C19H12OS. The molecule has 0 bridgehead atoms. The summed E-state index contributed by atoms with van der Waals surface area (Å²) in [7, 11) is 0. The van der Waals surface area contributed by atoms with E-state index in [1.807, 2.05) is 54.6 Å². The molecule has 0 spiro atoms. The molecule has 21 heavy (non-hydrogen) atoms. The summed E-state index contributed by atoms with van der Waals surface area (Å²) in [6, 6.07) is 19.9. The third-order valence-electron chi connectivity index (χ3n) is 3.75. The average molecular weight is 288 g/mol. The van der Waals surface area contributed by atoms with Gasteiger partial charge in [-0.05, 0) is 34.2 Å². The fraction of sp³-hybridized carbons (Fsp3) is 0. The first-order chi connectivity index (χ1) is 10.3. The number of hydrogen-bond acceptors (Lipinski definition) is 2. The molecule has 0 amide bonds. The van der Waals surface area contributed by atoms with Gasteiger partial charge in [0.1, 0.15) is 0 Å². The number of carbonyl (C=O) groups is 1. The maximum atomic E-state index is 12.6. The summed E-state index contributed by atoms with van der Waals surface area (Å²) in [4.78, 5) is 13.8. The fourth-order valence-electron chi connectivity index (χ4n) is 2.79. The maximum Gasteiger partial charge on any atom is 0.194 e. The lowest BCUT2D eigenvalue weighted by Crippen LogP contribution is -2.13. The van der Waals surface area contributed by atoms with Crippen LogP contribution in [0.2, 0.25) is 0 Å². The van der Waals surface area contributed by atoms with Gasteiger partial charge in [0.15, 0.2) is 5.78 Å². The number of hydrogen-bond donors (Lipinski definition) is 0. The van der Waals surface area contributed by atoms with Crippen molar-refractivity contribution >= 4 is 28.8 Å². The Labute approximate surface area is 127 Å². The zero-order valence-corrected chi connectivity index (χ0v) is 12.1. The maximum absolute atomic E-state index is 12.6. The van der Waals surface area contributed by atoms with E-state index in [4.69, 9.17) is 0 Å². The zero-order valence-electron chi connectivity index (χ0n) is 11.2. The summed E-state index contributed by atoms with van der Waals surface area (Å²) in [5.74, 6) is 0.115. The van der Waals surface area contributed by atoms with Crippen LogP contribution in [-0.2, 0) is 0 Å². The second kappa shape index (κ2) is 4.83. The van der Waals surface area contributed by atoms with Crippen LogP contribution < -0.4 is 0 Å². The second-order valence-corrected chi connectivity index (χ2v) is 5.97. The molecule has 1 aliphatic rings. The molecule has 0 aliphatic heterocycles. The molecular weight excluding hydrogens is 276 g/mol. The van der Waals surface area contributed by atoms with E-state index >= 15 is 0 Å². The normalized spacial score (nSPS) is 12.8. The van der Waals surface area contributed by atoms with E-state index < -0.39 is 0 Å². The zero-order chi connectivity index (χ0) is 14.2. The second-order valence-electron chi connectivity index (χ2n) is 4.99. The Morgan fingerprint density at radius 2 is 1.29 bits per heavy atom. The predicted octanol–water partition coefficient (Wildman–Crippen LogP) is 4.88. The molecule has 0 saturated heterocycles. The highest BCUT2D eigenvalue weighted by atomic mass is 32.1. The molecule has 0 radical (unpaired) electrons. The third kappa shape index (κ3) is 1.96. The Morgan fingerprint density at radius 3 is 1.81 bits per heavy atom. The minimum absolute atomic E-state index is 0.115. The van der Waals surface area contributed by atoms with Gasteiger partial charge in [0.25, 0.3) is 0 Å². The molecule has 1 nitrogen and oxygen atoms in total. The fourth-order valence-corrected chi connectivity index (χ4v) is 3.45. The average Bonchev–Trinajstić information content (AvgIpc) is 3.04. The Hall–Kier alpha value is -2.45. The lowest BCUT2D eigenvalue weighted by Gasteiger charge is -2.21. The summed E-state index contributed by atoms with van der Waals surface area (Å²) in [6.07, 6.45) is 2.18. The lowest BCUT2D eigenvalue weighted by atomic mass is 9.81. The molecule has 4 rings (SSSR count). The summed E-state index contributed by atoms with van der Waals surface area (Å²) < 4.78 is 0. The van der Waals surface area contributed by atoms with Gasteiger partial charge in [-0.15, -0.1) is 11.3 Å². The molecule has 100 valence electrons. The highest BCUT2D eigenvalue weighted by Crippen LogP contribution is 2.37. The molecule has 0 fully saturated rings. The van der Waals surface area contributed by atoms with Gasteiger partial charge in [-0.25, -0.2) is 0 Å². The molecule has 1 aliphatic carbocycles. The van der Waals surface area contributed by atoms with Crippen LogP contribution in [0, 0.1) is 0 Å². The lowest BCUT2D eigenvalue weighted by molar-refractivity contribution is 0.103. The van der Waals surface area contributed by atoms with E-state index in [9.17, 15) is 4.79 Å². The Morgan fingerprint density at radius 1 is 0.714 bits per heavy atom. The number of ketones is 1. The summed E-state index contributed by atoms with van der Waals surface area (Å²) in [5.41, 5.74) is 4.76. The monoisotopic (exact) mass is 288 g/mol. The van der Waals surface area contributed by atoms with Crippen LogP contribution in [0.5, 0.6) is 0 Å². The minimum Gasteiger partial charge on any atom is -0.289 e. The number of fused-ring (bicyclic) bond motifs is 2. The van der Waals surface area contributed by atoms with E-state index in [0.29, 0.717) is 0 Å². The minimum atomic E-state index is 0.115. The standard InChI is InChI=1S/C19H12OS/c20-19-16-9-3-1-7-14(16)18(12-13-6-5-11-21-13)15-8-2-4-10-17(15)19/h1-12H. The quantitative estimate of drug-likeness (QED) is 0.488. The van der Waals surface area contributed by atoms with Gasteiger partial charge < -0.3 is 0 Å². The van der Waals surface area contributed by atoms with Crippen molar-refractivity contribution in [2.45, 2.75) is 0 Å². The molecule has 0 N–H and O–H groups in total. The molecule has 0 atom stereocenters. The van der Waals surface area contributed by atoms with Crippen molar-refractivity contribution in [3.63, 3.8) is 0 Å². The first-order valence-corrected chi connectivity index (χ1v) is 7.71. The van der Waals surface area contributed by atoms with E-state index in [-0.39, 0.29) is 5.78 Å². The molecule has 2 heteroatoms. The molecule has 1 heterocycles. The van der Waals surface area contributed by atoms with Crippen LogP contribution in [-0.4, -0.2) is 5.78 Å². The third-order valence-corrected chi connectivity index (χ3v) is 4.57. The van der Waals surface area contributed by atoms with Crippen LogP contribution in [0.25, 0.3) is 11.6 Å². The van der Waals surface area contributed by atoms with Crippen LogP contribution in [0.15, 0.2) is 66.0 Å². The SMILES string of the molecule is O=C1c2ccccc2C(=Cc2cccs2)c2ccccc21. The van der Waals surface area contributed by atoms with Gasteiger partial charge in [0.2, 0.25) is 0 Å². The van der Waals surface area contributed by atoms with Crippen molar-refractivity contribution in [2.24, 2.45) is 0 Å². The van der Waals surface area contributed by atoms with E-state index in [1.165, 1.54) is 4.88 Å². The number of rotatable bonds is 1. The van der Waals surface area contributed by atoms with Crippen molar-refractivity contribution in [3.05, 3.63) is 93.2 Å². The van der Waals surface area contributed by atoms with Crippen LogP contribution in [0.4, 0.5) is 0 Å². The summed E-state index contributed by atoms with van der Waals surface area (Å²) in [5, 5.41) is 2.07. The van der Waals surface area contributed by atoms with Gasteiger partial charge in [0.05, 0.1) is 0 Å². The van der Waals surface area contributed by atoms with Gasteiger partial charge in [-0.1, -0.05) is 54.6 Å². The topological polar surface area (TPSA) is 17.1 Å². The van der Waals surface area contributed by atoms with Crippen molar-refractivity contribution in [1.82, 2.24) is 0 Å². The molecule has 0 saturated carbocycles. The molecule has 0 unspecified atom stereocenters. The summed E-state index contributed by atoms with van der Waals surface area (Å²) in [6.45, 7) is 0. The van der Waals surface area contributed by atoms with Crippen molar-refractivity contribution in [3.8, 4) is 0 Å². The molecule has 1 aromatic heterocycles. The highest BCUT2D eigenvalue weighted by molar-refractivity contribution is 7.10. The van der Waals surface area contributed by atoms with Crippen LogP contribution >= 0.6 is 11.3 Å². The number of benzene rings is 2. The van der Waals surface area contributed by atoms with Gasteiger partial charge in [-0.3, -0.25) is 4.79 Å². The highest BCUT2D eigenvalue weighted by Gasteiger charge is 2.25.